The molecule has 1 rings (SSSR count). The zero-order chi connectivity index (χ0) is 14.6. The van der Waals surface area contributed by atoms with Crippen LogP contribution in [0.3, 0.4) is 0 Å². The molecule has 0 bridgehead atoms. The molecule has 0 unspecified atom stereocenters. The van der Waals surface area contributed by atoms with E-state index in [1.165, 1.54) is 22.3 Å². The second kappa shape index (κ2) is 12.2. The lowest BCUT2D eigenvalue weighted by Gasteiger charge is -2.04. The summed E-state index contributed by atoms with van der Waals surface area (Å²) in [4.78, 5) is 0. The monoisotopic (exact) mass is 246 g/mol. The Morgan fingerprint density at radius 2 is 1.67 bits per heavy atom. The van der Waals surface area contributed by atoms with Crippen molar-refractivity contribution < 1.29 is 0 Å². The van der Waals surface area contributed by atoms with Crippen LogP contribution in [-0.4, -0.2) is 0 Å². The maximum Gasteiger partial charge on any atom is -0.00578 e. The van der Waals surface area contributed by atoms with Gasteiger partial charge >= 0.3 is 0 Å². The Bertz CT molecular complexity index is 335. The molecule has 102 valence electrons. The SMILES string of the molecule is C=C/C=C1/CC(C)=C(CC=C)/C1=C/C.CC.CC. The first-order chi connectivity index (χ1) is 8.74. The predicted molar refractivity (Wildman–Crippen MR) is 86.9 cm³/mol. The van der Waals surface area contributed by atoms with Crippen molar-refractivity contribution in [1.29, 1.82) is 0 Å². The molecule has 0 aromatic heterocycles. The van der Waals surface area contributed by atoms with Crippen molar-refractivity contribution in [3.63, 3.8) is 0 Å². The van der Waals surface area contributed by atoms with Crippen LogP contribution < -0.4 is 0 Å². The summed E-state index contributed by atoms with van der Waals surface area (Å²) in [5, 5.41) is 0. The normalized spacial score (nSPS) is 17.9. The van der Waals surface area contributed by atoms with Gasteiger partial charge in [-0.05, 0) is 43.4 Å². The third kappa shape index (κ3) is 5.35. The lowest BCUT2D eigenvalue weighted by molar-refractivity contribution is 1.17. The highest BCUT2D eigenvalue weighted by atomic mass is 14.2. The standard InChI is InChI=1S/C14H18.2C2H6/c1-5-8-12-10-11(4)14(9-6-2)13(12)7-3;2*1-2/h5-8H,1-2,9-10H2,3-4H3;2*1-2H3/b12-8-,13-7+;;. The molecule has 0 atom stereocenters. The van der Waals surface area contributed by atoms with Gasteiger partial charge < -0.3 is 0 Å². The first-order valence-corrected chi connectivity index (χ1v) is 7.02. The minimum atomic E-state index is 0.972. The molecule has 1 aliphatic rings. The van der Waals surface area contributed by atoms with Crippen molar-refractivity contribution in [2.75, 3.05) is 0 Å². The summed E-state index contributed by atoms with van der Waals surface area (Å²) in [5.41, 5.74) is 5.67. The van der Waals surface area contributed by atoms with Crippen molar-refractivity contribution in [2.45, 2.75) is 54.4 Å². The third-order valence-electron chi connectivity index (χ3n) is 2.60. The Morgan fingerprint density at radius 1 is 1.11 bits per heavy atom. The van der Waals surface area contributed by atoms with E-state index in [2.05, 4.69) is 39.2 Å². The predicted octanol–water partition coefficient (Wildman–Crippen LogP) is 6.39. The summed E-state index contributed by atoms with van der Waals surface area (Å²) in [6.45, 7) is 19.8. The summed E-state index contributed by atoms with van der Waals surface area (Å²) in [5.74, 6) is 0. The van der Waals surface area contributed by atoms with Crippen LogP contribution in [0.5, 0.6) is 0 Å². The van der Waals surface area contributed by atoms with E-state index in [1.807, 2.05) is 39.8 Å². The molecular weight excluding hydrogens is 216 g/mol. The van der Waals surface area contributed by atoms with Crippen LogP contribution in [-0.2, 0) is 0 Å². The van der Waals surface area contributed by atoms with E-state index in [0.717, 1.165) is 12.8 Å². The molecule has 18 heavy (non-hydrogen) atoms. The second-order valence-electron chi connectivity index (χ2n) is 3.56. The van der Waals surface area contributed by atoms with Gasteiger partial charge in [-0.3, -0.25) is 0 Å². The molecule has 0 aromatic carbocycles. The summed E-state index contributed by atoms with van der Waals surface area (Å²) < 4.78 is 0. The lowest BCUT2D eigenvalue weighted by atomic mass is 10.0. The Kier molecular flexibility index (Phi) is 12.9. The Hall–Kier alpha value is -1.30. The van der Waals surface area contributed by atoms with Gasteiger partial charge in [-0.15, -0.1) is 6.58 Å². The third-order valence-corrected chi connectivity index (χ3v) is 2.60. The number of allylic oxidation sites excluding steroid dienone is 8. The van der Waals surface area contributed by atoms with Gasteiger partial charge in [0.05, 0.1) is 0 Å². The molecule has 0 N–H and O–H groups in total. The number of hydrogen-bond donors (Lipinski definition) is 0. The number of rotatable bonds is 3. The Labute approximate surface area is 115 Å². The highest BCUT2D eigenvalue weighted by Gasteiger charge is 2.18. The molecule has 1 aliphatic carbocycles. The molecule has 0 saturated carbocycles. The van der Waals surface area contributed by atoms with E-state index in [0.29, 0.717) is 0 Å². The van der Waals surface area contributed by atoms with Crippen molar-refractivity contribution in [3.8, 4) is 0 Å². The average molecular weight is 246 g/mol. The summed E-state index contributed by atoms with van der Waals surface area (Å²) in [6, 6.07) is 0. The molecule has 0 amide bonds. The van der Waals surface area contributed by atoms with Crippen molar-refractivity contribution in [2.24, 2.45) is 0 Å². The van der Waals surface area contributed by atoms with E-state index in [4.69, 9.17) is 0 Å². The van der Waals surface area contributed by atoms with E-state index in [-0.39, 0.29) is 0 Å². The van der Waals surface area contributed by atoms with Crippen molar-refractivity contribution in [3.05, 3.63) is 59.8 Å². The first kappa shape index (κ1) is 19.0. The molecule has 0 nitrogen and oxygen atoms in total. The molecule has 0 heteroatoms. The van der Waals surface area contributed by atoms with Crippen molar-refractivity contribution in [1.82, 2.24) is 0 Å². The molecular formula is C18H30. The zero-order valence-corrected chi connectivity index (χ0v) is 13.1. The van der Waals surface area contributed by atoms with Gasteiger partial charge in [0.2, 0.25) is 0 Å². The van der Waals surface area contributed by atoms with E-state index >= 15 is 0 Å². The van der Waals surface area contributed by atoms with Crippen LogP contribution in [0.25, 0.3) is 0 Å². The minimum Gasteiger partial charge on any atom is -0.103 e. The molecule has 0 aromatic rings. The van der Waals surface area contributed by atoms with Crippen LogP contribution in [0.2, 0.25) is 0 Å². The quantitative estimate of drug-likeness (QED) is 0.506. The molecule has 0 spiro atoms. The van der Waals surface area contributed by atoms with Gasteiger partial charge in [-0.1, -0.05) is 64.2 Å². The van der Waals surface area contributed by atoms with Gasteiger partial charge in [-0.2, -0.15) is 0 Å². The minimum absolute atomic E-state index is 0.972. The van der Waals surface area contributed by atoms with E-state index in [9.17, 15) is 0 Å². The zero-order valence-electron chi connectivity index (χ0n) is 13.1. The van der Waals surface area contributed by atoms with Crippen LogP contribution in [0, 0.1) is 0 Å². The summed E-state index contributed by atoms with van der Waals surface area (Å²) in [7, 11) is 0. The molecule has 0 heterocycles. The van der Waals surface area contributed by atoms with Gasteiger partial charge in [0.25, 0.3) is 0 Å². The maximum absolute atomic E-state index is 3.80. The Morgan fingerprint density at radius 3 is 2.06 bits per heavy atom. The summed E-state index contributed by atoms with van der Waals surface area (Å²) >= 11 is 0. The van der Waals surface area contributed by atoms with E-state index in [1.54, 1.807) is 0 Å². The fourth-order valence-electron chi connectivity index (χ4n) is 1.99. The highest BCUT2D eigenvalue weighted by molar-refractivity contribution is 5.57. The highest BCUT2D eigenvalue weighted by Crippen LogP contribution is 2.37. The molecule has 0 saturated heterocycles. The van der Waals surface area contributed by atoms with E-state index < -0.39 is 0 Å². The van der Waals surface area contributed by atoms with Gasteiger partial charge in [0.1, 0.15) is 0 Å². The smallest absolute Gasteiger partial charge is 0.00578 e. The Balaban J connectivity index is 0. The van der Waals surface area contributed by atoms with Crippen LogP contribution in [0.1, 0.15) is 54.4 Å². The largest absolute Gasteiger partial charge is 0.103 e. The van der Waals surface area contributed by atoms with Crippen molar-refractivity contribution >= 4 is 0 Å². The van der Waals surface area contributed by atoms with Gasteiger partial charge in [-0.25, -0.2) is 0 Å². The fourth-order valence-corrected chi connectivity index (χ4v) is 1.99. The topological polar surface area (TPSA) is 0 Å². The van der Waals surface area contributed by atoms with Gasteiger partial charge in [0, 0.05) is 0 Å². The lowest BCUT2D eigenvalue weighted by Crippen LogP contribution is -1.85. The van der Waals surface area contributed by atoms with Crippen LogP contribution in [0.15, 0.2) is 59.8 Å². The van der Waals surface area contributed by atoms with Crippen LogP contribution in [0.4, 0.5) is 0 Å². The number of hydrogen-bond acceptors (Lipinski definition) is 0. The maximum atomic E-state index is 3.80. The average Bonchev–Trinajstić information content (AvgIpc) is 2.71. The molecule has 0 radical (unpaired) electrons. The van der Waals surface area contributed by atoms with Gasteiger partial charge in [0.15, 0.2) is 0 Å². The first-order valence-electron chi connectivity index (χ1n) is 7.02. The van der Waals surface area contributed by atoms with Crippen LogP contribution >= 0.6 is 0 Å². The summed E-state index contributed by atoms with van der Waals surface area (Å²) in [6.07, 6.45) is 10.2. The molecule has 0 fully saturated rings. The fraction of sp³-hybridized carbons (Fsp3) is 0.444. The second-order valence-corrected chi connectivity index (χ2v) is 3.56. The molecule has 0 aliphatic heterocycles.